The van der Waals surface area contributed by atoms with Crippen molar-refractivity contribution in [3.8, 4) is 11.3 Å². The van der Waals surface area contributed by atoms with Gasteiger partial charge in [-0.3, -0.25) is 10.1 Å². The van der Waals surface area contributed by atoms with Crippen LogP contribution in [0.15, 0.2) is 36.5 Å². The normalized spacial score (nSPS) is 15.5. The summed E-state index contributed by atoms with van der Waals surface area (Å²) in [6, 6.07) is 9.00. The van der Waals surface area contributed by atoms with E-state index in [2.05, 4.69) is 39.3 Å². The van der Waals surface area contributed by atoms with Gasteiger partial charge in [-0.15, -0.1) is 0 Å². The highest BCUT2D eigenvalue weighted by molar-refractivity contribution is 5.67. The van der Waals surface area contributed by atoms with Crippen molar-refractivity contribution in [2.45, 2.75) is 39.7 Å². The number of nitrogens with zero attached hydrogens (tertiary/aromatic N) is 3. The van der Waals surface area contributed by atoms with E-state index in [1.165, 1.54) is 11.6 Å². The number of pyridine rings is 2. The minimum Gasteiger partial charge on any atom is -0.364 e. The first-order chi connectivity index (χ1) is 12.5. The van der Waals surface area contributed by atoms with Gasteiger partial charge in [-0.05, 0) is 42.9 Å². The highest BCUT2D eigenvalue weighted by Crippen LogP contribution is 2.38. The topological polar surface area (TPSA) is 66.5 Å². The standard InChI is InChI=1S/C20H22FN5/c1-20(2)7-6-15-16(11-20)25-26-19(15)13-9-17(21)24-18(10-13)23-12-14-5-3-4-8-22-14/h3-5,8-10H,6-7,11-12H2,1-2H3,(H,23,24)(H,25,26). The van der Waals surface area contributed by atoms with Crippen molar-refractivity contribution in [3.63, 3.8) is 0 Å². The fourth-order valence-corrected chi connectivity index (χ4v) is 3.49. The molecule has 0 aromatic carbocycles. The lowest BCUT2D eigenvalue weighted by atomic mass is 9.76. The molecule has 26 heavy (non-hydrogen) atoms. The summed E-state index contributed by atoms with van der Waals surface area (Å²) in [5, 5.41) is 10.8. The highest BCUT2D eigenvalue weighted by atomic mass is 19.1. The molecule has 0 spiro atoms. The Labute approximate surface area is 152 Å². The number of hydrogen-bond acceptors (Lipinski definition) is 4. The first-order valence-electron chi connectivity index (χ1n) is 8.88. The van der Waals surface area contributed by atoms with Crippen LogP contribution in [-0.2, 0) is 19.4 Å². The number of anilines is 1. The largest absolute Gasteiger partial charge is 0.364 e. The average Bonchev–Trinajstić information content (AvgIpc) is 3.02. The second kappa shape index (κ2) is 6.52. The van der Waals surface area contributed by atoms with E-state index >= 15 is 0 Å². The molecule has 0 unspecified atom stereocenters. The van der Waals surface area contributed by atoms with Gasteiger partial charge in [0.2, 0.25) is 5.95 Å². The number of aromatic nitrogens is 4. The van der Waals surface area contributed by atoms with Crippen LogP contribution in [0.4, 0.5) is 10.2 Å². The molecule has 134 valence electrons. The average molecular weight is 351 g/mol. The molecule has 3 aromatic heterocycles. The molecule has 1 aliphatic carbocycles. The lowest BCUT2D eigenvalue weighted by Crippen LogP contribution is -2.21. The lowest BCUT2D eigenvalue weighted by molar-refractivity contribution is 0.312. The SMILES string of the molecule is CC1(C)CCc2c(-c3cc(F)nc(NCc4ccccn4)c3)n[nH]c2C1. The predicted octanol–water partition coefficient (Wildman–Crippen LogP) is 4.13. The second-order valence-corrected chi connectivity index (χ2v) is 7.61. The summed E-state index contributed by atoms with van der Waals surface area (Å²) in [5.41, 5.74) is 5.09. The fourth-order valence-electron chi connectivity index (χ4n) is 3.49. The van der Waals surface area contributed by atoms with Crippen LogP contribution in [0.3, 0.4) is 0 Å². The Kier molecular flexibility index (Phi) is 4.18. The number of rotatable bonds is 4. The molecule has 3 heterocycles. The van der Waals surface area contributed by atoms with Crippen molar-refractivity contribution in [3.05, 3.63) is 59.4 Å². The number of H-pyrrole nitrogens is 1. The van der Waals surface area contributed by atoms with E-state index in [1.54, 1.807) is 6.20 Å². The summed E-state index contributed by atoms with van der Waals surface area (Å²) in [5.74, 6) is -0.0301. The predicted molar refractivity (Wildman–Crippen MR) is 99.1 cm³/mol. The van der Waals surface area contributed by atoms with Crippen LogP contribution in [0.1, 0.15) is 37.2 Å². The molecule has 6 heteroatoms. The Hall–Kier alpha value is -2.76. The Bertz CT molecular complexity index is 917. The molecule has 0 amide bonds. The smallest absolute Gasteiger partial charge is 0.215 e. The van der Waals surface area contributed by atoms with Gasteiger partial charge < -0.3 is 5.32 Å². The third-order valence-corrected chi connectivity index (χ3v) is 4.90. The molecule has 0 bridgehead atoms. The number of hydrogen-bond donors (Lipinski definition) is 2. The van der Waals surface area contributed by atoms with Gasteiger partial charge in [0, 0.05) is 29.1 Å². The van der Waals surface area contributed by atoms with Crippen molar-refractivity contribution in [1.29, 1.82) is 0 Å². The van der Waals surface area contributed by atoms with Gasteiger partial charge in [0.1, 0.15) is 5.82 Å². The molecule has 3 aromatic rings. The summed E-state index contributed by atoms with van der Waals surface area (Å²) >= 11 is 0. The monoisotopic (exact) mass is 351 g/mol. The molecule has 0 atom stereocenters. The third-order valence-electron chi connectivity index (χ3n) is 4.90. The molecule has 5 nitrogen and oxygen atoms in total. The quantitative estimate of drug-likeness (QED) is 0.694. The number of nitrogens with one attached hydrogen (secondary N) is 2. The van der Waals surface area contributed by atoms with Gasteiger partial charge in [-0.25, -0.2) is 4.98 Å². The number of halogens is 1. The molecule has 0 saturated heterocycles. The van der Waals surface area contributed by atoms with E-state index in [0.717, 1.165) is 41.9 Å². The van der Waals surface area contributed by atoms with Crippen molar-refractivity contribution in [1.82, 2.24) is 20.2 Å². The third kappa shape index (κ3) is 3.45. The molecule has 4 rings (SSSR count). The minimum atomic E-state index is -0.515. The summed E-state index contributed by atoms with van der Waals surface area (Å²) in [4.78, 5) is 8.21. The summed E-state index contributed by atoms with van der Waals surface area (Å²) < 4.78 is 14.1. The molecule has 0 fully saturated rings. The van der Waals surface area contributed by atoms with Gasteiger partial charge in [0.15, 0.2) is 0 Å². The molecular weight excluding hydrogens is 329 g/mol. The van der Waals surface area contributed by atoms with Crippen LogP contribution in [0.2, 0.25) is 0 Å². The molecule has 2 N–H and O–H groups in total. The van der Waals surface area contributed by atoms with E-state index in [0.29, 0.717) is 12.4 Å². The van der Waals surface area contributed by atoms with Gasteiger partial charge in [0.25, 0.3) is 0 Å². The summed E-state index contributed by atoms with van der Waals surface area (Å²) in [7, 11) is 0. The van der Waals surface area contributed by atoms with Crippen LogP contribution < -0.4 is 5.32 Å². The maximum Gasteiger partial charge on any atom is 0.215 e. The Morgan fingerprint density at radius 1 is 1.27 bits per heavy atom. The van der Waals surface area contributed by atoms with Gasteiger partial charge >= 0.3 is 0 Å². The fraction of sp³-hybridized carbons (Fsp3) is 0.350. The zero-order valence-corrected chi connectivity index (χ0v) is 15.0. The Morgan fingerprint density at radius 2 is 2.15 bits per heavy atom. The van der Waals surface area contributed by atoms with E-state index < -0.39 is 5.95 Å². The van der Waals surface area contributed by atoms with Crippen molar-refractivity contribution >= 4 is 5.82 Å². The Morgan fingerprint density at radius 3 is 2.96 bits per heavy atom. The van der Waals surface area contributed by atoms with Crippen molar-refractivity contribution in [2.24, 2.45) is 5.41 Å². The Balaban J connectivity index is 1.60. The minimum absolute atomic E-state index is 0.274. The van der Waals surface area contributed by atoms with Crippen LogP contribution in [0.25, 0.3) is 11.3 Å². The van der Waals surface area contributed by atoms with Gasteiger partial charge in [0.05, 0.1) is 17.9 Å². The number of fused-ring (bicyclic) bond motifs is 1. The zero-order valence-electron chi connectivity index (χ0n) is 15.0. The molecule has 0 aliphatic heterocycles. The number of aromatic amines is 1. The van der Waals surface area contributed by atoms with E-state index in [4.69, 9.17) is 0 Å². The van der Waals surface area contributed by atoms with Crippen LogP contribution >= 0.6 is 0 Å². The maximum atomic E-state index is 14.1. The lowest BCUT2D eigenvalue weighted by Gasteiger charge is -2.29. The molecular formula is C20H22FN5. The first-order valence-corrected chi connectivity index (χ1v) is 8.88. The second-order valence-electron chi connectivity index (χ2n) is 7.61. The zero-order chi connectivity index (χ0) is 18.1. The van der Waals surface area contributed by atoms with Crippen LogP contribution in [-0.4, -0.2) is 20.2 Å². The van der Waals surface area contributed by atoms with E-state index in [9.17, 15) is 4.39 Å². The summed E-state index contributed by atoms with van der Waals surface area (Å²) in [6.45, 7) is 5.02. The van der Waals surface area contributed by atoms with E-state index in [-0.39, 0.29) is 5.41 Å². The van der Waals surface area contributed by atoms with Crippen LogP contribution in [0, 0.1) is 11.4 Å². The molecule has 0 radical (unpaired) electrons. The molecule has 1 aliphatic rings. The maximum absolute atomic E-state index is 14.1. The van der Waals surface area contributed by atoms with Gasteiger partial charge in [-0.2, -0.15) is 9.49 Å². The van der Waals surface area contributed by atoms with Crippen molar-refractivity contribution in [2.75, 3.05) is 5.32 Å². The van der Waals surface area contributed by atoms with Crippen LogP contribution in [0.5, 0.6) is 0 Å². The van der Waals surface area contributed by atoms with E-state index in [1.807, 2.05) is 24.3 Å². The molecule has 0 saturated carbocycles. The van der Waals surface area contributed by atoms with Gasteiger partial charge in [-0.1, -0.05) is 19.9 Å². The first kappa shape index (κ1) is 16.7. The highest BCUT2D eigenvalue weighted by Gasteiger charge is 2.29. The summed E-state index contributed by atoms with van der Waals surface area (Å²) in [6.07, 6.45) is 4.76. The van der Waals surface area contributed by atoms with Crippen molar-refractivity contribution < 1.29 is 4.39 Å².